The summed E-state index contributed by atoms with van der Waals surface area (Å²) in [6.07, 6.45) is 0.629. The highest BCUT2D eigenvalue weighted by Crippen LogP contribution is 2.42. The molecule has 0 saturated heterocycles. The number of hydrogen-bond donors (Lipinski definition) is 1. The number of carbonyl (C=O) groups excluding carboxylic acids is 1. The van der Waals surface area contributed by atoms with Gasteiger partial charge in [0, 0.05) is 18.4 Å². The number of ether oxygens (including phenoxy) is 2. The maximum absolute atomic E-state index is 13.0. The minimum atomic E-state index is -3.60. The predicted molar refractivity (Wildman–Crippen MR) is 124 cm³/mol. The van der Waals surface area contributed by atoms with Crippen molar-refractivity contribution in [3.8, 4) is 11.5 Å². The van der Waals surface area contributed by atoms with Crippen LogP contribution < -0.4 is 19.1 Å². The van der Waals surface area contributed by atoms with Gasteiger partial charge in [0.25, 0.3) is 10.0 Å². The van der Waals surface area contributed by atoms with Crippen molar-refractivity contribution in [2.24, 2.45) is 0 Å². The lowest BCUT2D eigenvalue weighted by Gasteiger charge is -2.19. The fourth-order valence-corrected chi connectivity index (χ4v) is 5.85. The monoisotopic (exact) mass is 454 g/mol. The lowest BCUT2D eigenvalue weighted by atomic mass is 10.1. The first-order valence-electron chi connectivity index (χ1n) is 10.4. The summed E-state index contributed by atoms with van der Waals surface area (Å²) in [6, 6.07) is 16.2. The van der Waals surface area contributed by atoms with E-state index in [1.54, 1.807) is 32.4 Å². The number of hydrogen-bond acceptors (Lipinski definition) is 5. The number of nitrogens with zero attached hydrogens (tertiary/aromatic N) is 1. The molecule has 3 aromatic carbocycles. The van der Waals surface area contributed by atoms with Crippen molar-refractivity contribution in [3.63, 3.8) is 0 Å². The number of anilines is 1. The van der Waals surface area contributed by atoms with E-state index < -0.39 is 10.0 Å². The Labute approximate surface area is 188 Å². The van der Waals surface area contributed by atoms with Gasteiger partial charge in [-0.2, -0.15) is 0 Å². The van der Waals surface area contributed by atoms with Gasteiger partial charge in [0.2, 0.25) is 5.91 Å². The summed E-state index contributed by atoms with van der Waals surface area (Å²) in [5.41, 5.74) is 1.57. The minimum absolute atomic E-state index is 0.139. The number of amides is 1. The molecule has 1 N–H and O–H groups in total. The topological polar surface area (TPSA) is 84.9 Å². The Morgan fingerprint density at radius 3 is 2.47 bits per heavy atom. The van der Waals surface area contributed by atoms with Gasteiger partial charge >= 0.3 is 0 Å². The predicted octanol–water partition coefficient (Wildman–Crippen LogP) is 4.02. The molecule has 1 aliphatic rings. The highest BCUT2D eigenvalue weighted by atomic mass is 32.2. The summed E-state index contributed by atoms with van der Waals surface area (Å²) in [6.45, 7) is 2.13. The number of methoxy groups -OCH3 is 2. The molecule has 32 heavy (non-hydrogen) atoms. The molecule has 4 rings (SSSR count). The van der Waals surface area contributed by atoms with Crippen molar-refractivity contribution in [1.29, 1.82) is 0 Å². The van der Waals surface area contributed by atoms with E-state index in [0.717, 1.165) is 16.3 Å². The molecule has 0 radical (unpaired) electrons. The van der Waals surface area contributed by atoms with Crippen molar-refractivity contribution in [2.45, 2.75) is 30.7 Å². The Balaban J connectivity index is 1.39. The van der Waals surface area contributed by atoms with Crippen LogP contribution in [-0.4, -0.2) is 35.1 Å². The first-order valence-corrected chi connectivity index (χ1v) is 11.9. The van der Waals surface area contributed by atoms with Gasteiger partial charge in [-0.05, 0) is 48.6 Å². The molecule has 1 atom stereocenters. The van der Waals surface area contributed by atoms with Gasteiger partial charge in [0.15, 0.2) is 11.5 Å². The lowest BCUT2D eigenvalue weighted by Crippen LogP contribution is -2.30. The van der Waals surface area contributed by atoms with E-state index in [9.17, 15) is 13.2 Å². The van der Waals surface area contributed by atoms with E-state index in [0.29, 0.717) is 28.5 Å². The van der Waals surface area contributed by atoms with E-state index in [2.05, 4.69) is 5.32 Å². The van der Waals surface area contributed by atoms with Crippen molar-refractivity contribution in [2.75, 3.05) is 25.1 Å². The molecule has 168 valence electrons. The average Bonchev–Trinajstić information content (AvgIpc) is 3.01. The van der Waals surface area contributed by atoms with Gasteiger partial charge in [-0.1, -0.05) is 30.3 Å². The summed E-state index contributed by atoms with van der Waals surface area (Å²) in [7, 11) is -0.464. The number of carbonyl (C=O) groups is 1. The molecule has 7 nitrogen and oxygen atoms in total. The van der Waals surface area contributed by atoms with Gasteiger partial charge in [-0.25, -0.2) is 8.42 Å². The molecule has 3 aromatic rings. The molecular weight excluding hydrogens is 428 g/mol. The highest BCUT2D eigenvalue weighted by molar-refractivity contribution is 7.93. The van der Waals surface area contributed by atoms with E-state index in [1.165, 1.54) is 4.31 Å². The molecular formula is C24H26N2O5S. The molecule has 0 saturated carbocycles. The van der Waals surface area contributed by atoms with Crippen LogP contribution in [0.15, 0.2) is 59.5 Å². The SMILES string of the molecule is COc1ccc(C(C)NC(=O)CCCN2c3cccc4cccc(c34)S2(=O)=O)cc1OC. The summed E-state index contributed by atoms with van der Waals surface area (Å²) >= 11 is 0. The van der Waals surface area contributed by atoms with Crippen LogP contribution in [0, 0.1) is 0 Å². The third-order valence-electron chi connectivity index (χ3n) is 5.73. The van der Waals surface area contributed by atoms with E-state index in [-0.39, 0.29) is 24.9 Å². The Hall–Kier alpha value is -3.26. The molecule has 0 bridgehead atoms. The van der Waals surface area contributed by atoms with Crippen LogP contribution in [0.25, 0.3) is 10.8 Å². The Morgan fingerprint density at radius 1 is 1.03 bits per heavy atom. The second-order valence-electron chi connectivity index (χ2n) is 7.72. The number of rotatable bonds is 8. The van der Waals surface area contributed by atoms with Crippen LogP contribution in [0.4, 0.5) is 5.69 Å². The quantitative estimate of drug-likeness (QED) is 0.556. The summed E-state index contributed by atoms with van der Waals surface area (Å²) in [5.74, 6) is 1.08. The molecule has 1 amide bonds. The second-order valence-corrected chi connectivity index (χ2v) is 9.55. The largest absolute Gasteiger partial charge is 0.493 e. The Morgan fingerprint density at radius 2 is 1.75 bits per heavy atom. The first kappa shape index (κ1) is 22.0. The summed E-state index contributed by atoms with van der Waals surface area (Å²) in [5, 5.41) is 4.61. The van der Waals surface area contributed by atoms with Gasteiger partial charge in [0.1, 0.15) is 0 Å². The molecule has 1 heterocycles. The van der Waals surface area contributed by atoms with E-state index in [4.69, 9.17) is 9.47 Å². The molecule has 0 spiro atoms. The van der Waals surface area contributed by atoms with Gasteiger partial charge in [-0.15, -0.1) is 0 Å². The van der Waals surface area contributed by atoms with Crippen LogP contribution in [-0.2, 0) is 14.8 Å². The van der Waals surface area contributed by atoms with Gasteiger partial charge < -0.3 is 14.8 Å². The lowest BCUT2D eigenvalue weighted by molar-refractivity contribution is -0.121. The van der Waals surface area contributed by atoms with Crippen LogP contribution in [0.2, 0.25) is 0 Å². The Bertz CT molecular complexity index is 1270. The molecule has 0 aliphatic carbocycles. The smallest absolute Gasteiger partial charge is 0.265 e. The van der Waals surface area contributed by atoms with Gasteiger partial charge in [-0.3, -0.25) is 9.10 Å². The average molecular weight is 455 g/mol. The van der Waals surface area contributed by atoms with Crippen molar-refractivity contribution in [1.82, 2.24) is 5.32 Å². The van der Waals surface area contributed by atoms with Crippen molar-refractivity contribution < 1.29 is 22.7 Å². The highest BCUT2D eigenvalue weighted by Gasteiger charge is 2.35. The normalized spacial score (nSPS) is 14.9. The maximum atomic E-state index is 13.0. The molecule has 1 aliphatic heterocycles. The third-order valence-corrected chi connectivity index (χ3v) is 7.59. The van der Waals surface area contributed by atoms with Crippen molar-refractivity contribution >= 4 is 32.4 Å². The fraction of sp³-hybridized carbons (Fsp3) is 0.292. The Kier molecular flexibility index (Phi) is 5.97. The maximum Gasteiger partial charge on any atom is 0.265 e. The third kappa shape index (κ3) is 3.86. The number of sulfonamides is 1. The van der Waals surface area contributed by atoms with E-state index in [1.807, 2.05) is 43.3 Å². The summed E-state index contributed by atoms with van der Waals surface area (Å²) in [4.78, 5) is 12.8. The first-order chi connectivity index (χ1) is 15.4. The molecule has 1 unspecified atom stereocenters. The zero-order chi connectivity index (χ0) is 22.9. The zero-order valence-electron chi connectivity index (χ0n) is 18.3. The molecule has 0 aromatic heterocycles. The van der Waals surface area contributed by atoms with Crippen LogP contribution in [0.5, 0.6) is 11.5 Å². The van der Waals surface area contributed by atoms with Gasteiger partial charge in [0.05, 0.1) is 30.8 Å². The zero-order valence-corrected chi connectivity index (χ0v) is 19.1. The minimum Gasteiger partial charge on any atom is -0.493 e. The van der Waals surface area contributed by atoms with Crippen LogP contribution in [0.3, 0.4) is 0 Å². The fourth-order valence-electron chi connectivity index (χ4n) is 4.10. The molecule has 8 heteroatoms. The number of nitrogens with one attached hydrogen (secondary N) is 1. The van der Waals surface area contributed by atoms with Crippen LogP contribution >= 0.6 is 0 Å². The summed E-state index contributed by atoms with van der Waals surface area (Å²) < 4.78 is 38.0. The standard InChI is InChI=1S/C24H26N2O5S/c1-16(18-12-13-20(30-2)21(15-18)31-3)25-23(27)11-6-14-26-19-9-4-7-17-8-5-10-22(24(17)19)32(26,28)29/h4-5,7-10,12-13,15-16H,6,11,14H2,1-3H3,(H,25,27). The second kappa shape index (κ2) is 8.70. The molecule has 0 fully saturated rings. The van der Waals surface area contributed by atoms with E-state index >= 15 is 0 Å². The number of benzene rings is 3. The van der Waals surface area contributed by atoms with Crippen LogP contribution in [0.1, 0.15) is 31.4 Å². The van der Waals surface area contributed by atoms with Crippen molar-refractivity contribution in [3.05, 3.63) is 60.2 Å².